The van der Waals surface area contributed by atoms with Crippen LogP contribution in [0, 0.1) is 5.41 Å². The number of carbonyl (C=O) groups is 2. The maximum absolute atomic E-state index is 12.6. The van der Waals surface area contributed by atoms with Gasteiger partial charge in [0.05, 0.1) is 5.54 Å². The first-order chi connectivity index (χ1) is 15.2. The first-order valence-corrected chi connectivity index (χ1v) is 11.0. The lowest BCUT2D eigenvalue weighted by Crippen LogP contribution is -2.51. The van der Waals surface area contributed by atoms with Crippen molar-refractivity contribution in [3.8, 4) is 11.1 Å². The predicted octanol–water partition coefficient (Wildman–Crippen LogP) is 5.40. The number of carbonyl (C=O) groups excluding carboxylic acids is 1. The molecule has 0 unspecified atom stereocenters. The Hall–Kier alpha value is -3.24. The highest BCUT2D eigenvalue weighted by molar-refractivity contribution is 5.86. The number of aliphatic carboxylic acids is 1. The number of hydrogen-bond donors (Lipinski definition) is 2. The Morgan fingerprint density at radius 2 is 1.34 bits per heavy atom. The second kappa shape index (κ2) is 8.36. The number of hydrogen-bond acceptors (Lipinski definition) is 3. The molecule has 0 saturated carbocycles. The lowest BCUT2D eigenvalue weighted by atomic mass is 9.79. The third-order valence-corrected chi connectivity index (χ3v) is 6.34. The molecule has 0 aliphatic heterocycles. The van der Waals surface area contributed by atoms with Gasteiger partial charge in [0.2, 0.25) is 0 Å². The summed E-state index contributed by atoms with van der Waals surface area (Å²) in [5, 5.41) is 13.6. The van der Waals surface area contributed by atoms with Crippen LogP contribution in [0.25, 0.3) is 11.1 Å². The normalized spacial score (nSPS) is 15.0. The fourth-order valence-corrected chi connectivity index (χ4v) is 4.64. The third kappa shape index (κ3) is 3.76. The van der Waals surface area contributed by atoms with Crippen molar-refractivity contribution in [3.05, 3.63) is 95.6 Å². The Morgan fingerprint density at radius 3 is 1.84 bits per heavy atom. The first kappa shape index (κ1) is 22.0. The molecule has 0 spiro atoms. The number of benzene rings is 3. The SMILES string of the molecule is CC(C)(C)C(=O)CC[C@H](NC1(c2ccccc2)c2ccccc2-c2ccccc21)C(=O)O. The van der Waals surface area contributed by atoms with Crippen LogP contribution in [-0.4, -0.2) is 22.9 Å². The second-order valence-electron chi connectivity index (χ2n) is 9.45. The molecule has 32 heavy (non-hydrogen) atoms. The van der Waals surface area contributed by atoms with Crippen LogP contribution in [0.3, 0.4) is 0 Å². The molecular formula is C28H29NO3. The minimum Gasteiger partial charge on any atom is -0.480 e. The maximum atomic E-state index is 12.6. The van der Waals surface area contributed by atoms with Crippen LogP contribution in [0.1, 0.15) is 50.3 Å². The van der Waals surface area contributed by atoms with Crippen LogP contribution in [0.2, 0.25) is 0 Å². The molecule has 3 aromatic carbocycles. The van der Waals surface area contributed by atoms with Gasteiger partial charge >= 0.3 is 5.97 Å². The molecule has 4 heteroatoms. The molecule has 0 amide bonds. The summed E-state index contributed by atoms with van der Waals surface area (Å²) in [5.74, 6) is -0.893. The van der Waals surface area contributed by atoms with E-state index >= 15 is 0 Å². The summed E-state index contributed by atoms with van der Waals surface area (Å²) in [6, 6.07) is 25.4. The zero-order chi connectivity index (χ0) is 22.9. The van der Waals surface area contributed by atoms with Crippen molar-refractivity contribution in [1.82, 2.24) is 5.32 Å². The van der Waals surface area contributed by atoms with Crippen LogP contribution in [0.4, 0.5) is 0 Å². The van der Waals surface area contributed by atoms with E-state index in [1.54, 1.807) is 0 Å². The van der Waals surface area contributed by atoms with Gasteiger partial charge in [0.1, 0.15) is 11.8 Å². The monoisotopic (exact) mass is 427 g/mol. The Balaban J connectivity index is 1.84. The number of Topliss-reactive ketones (excluding diaryl/α,β-unsaturated/α-hetero) is 1. The summed E-state index contributed by atoms with van der Waals surface area (Å²) in [4.78, 5) is 24.9. The van der Waals surface area contributed by atoms with E-state index in [0.29, 0.717) is 0 Å². The van der Waals surface area contributed by atoms with Crippen LogP contribution in [-0.2, 0) is 15.1 Å². The summed E-state index contributed by atoms with van der Waals surface area (Å²) in [6.07, 6.45) is 0.436. The van der Waals surface area contributed by atoms with E-state index in [4.69, 9.17) is 0 Å². The van der Waals surface area contributed by atoms with Crippen molar-refractivity contribution in [3.63, 3.8) is 0 Å². The minimum atomic E-state index is -0.955. The molecule has 0 fully saturated rings. The molecule has 0 radical (unpaired) electrons. The van der Waals surface area contributed by atoms with E-state index < -0.39 is 23.0 Å². The van der Waals surface area contributed by atoms with Crippen LogP contribution in [0.15, 0.2) is 78.9 Å². The molecule has 1 aliphatic carbocycles. The number of carboxylic acid groups (broad SMARTS) is 1. The van der Waals surface area contributed by atoms with Crippen molar-refractivity contribution in [1.29, 1.82) is 0 Å². The van der Waals surface area contributed by atoms with E-state index in [9.17, 15) is 14.7 Å². The topological polar surface area (TPSA) is 66.4 Å². The Kier molecular flexibility index (Phi) is 5.74. The van der Waals surface area contributed by atoms with Gasteiger partial charge in [-0.05, 0) is 34.2 Å². The predicted molar refractivity (Wildman–Crippen MR) is 126 cm³/mol. The first-order valence-electron chi connectivity index (χ1n) is 11.0. The second-order valence-corrected chi connectivity index (χ2v) is 9.45. The van der Waals surface area contributed by atoms with E-state index in [-0.39, 0.29) is 18.6 Å². The molecule has 2 N–H and O–H groups in total. The molecule has 4 nitrogen and oxygen atoms in total. The highest BCUT2D eigenvalue weighted by atomic mass is 16.4. The summed E-state index contributed by atoms with van der Waals surface area (Å²) in [5.41, 5.74) is 3.91. The van der Waals surface area contributed by atoms with Crippen molar-refractivity contribution in [2.24, 2.45) is 5.41 Å². The largest absolute Gasteiger partial charge is 0.480 e. The van der Waals surface area contributed by atoms with Gasteiger partial charge in [-0.2, -0.15) is 0 Å². The van der Waals surface area contributed by atoms with Crippen LogP contribution >= 0.6 is 0 Å². The molecule has 0 heterocycles. The number of fused-ring (bicyclic) bond motifs is 3. The fraction of sp³-hybridized carbons (Fsp3) is 0.286. The standard InChI is InChI=1S/C28H29NO3/c1-27(2,3)25(30)18-17-24(26(31)32)29-28(19-11-5-4-6-12-19)22-15-9-7-13-20(22)21-14-8-10-16-23(21)28/h4-16,24,29H,17-18H2,1-3H3,(H,31,32)/t24-/m0/s1. The highest BCUT2D eigenvalue weighted by Gasteiger charge is 2.46. The average molecular weight is 428 g/mol. The van der Waals surface area contributed by atoms with Crippen LogP contribution < -0.4 is 5.32 Å². The third-order valence-electron chi connectivity index (χ3n) is 6.34. The fourth-order valence-electron chi connectivity index (χ4n) is 4.64. The molecule has 1 atom stereocenters. The van der Waals surface area contributed by atoms with Gasteiger partial charge in [0.25, 0.3) is 0 Å². The summed E-state index contributed by atoms with van der Waals surface area (Å²) >= 11 is 0. The van der Waals surface area contributed by atoms with Gasteiger partial charge in [-0.3, -0.25) is 14.9 Å². The Labute approximate surface area is 189 Å². The van der Waals surface area contributed by atoms with Gasteiger partial charge < -0.3 is 5.11 Å². The molecule has 164 valence electrons. The van der Waals surface area contributed by atoms with E-state index in [1.165, 1.54) is 0 Å². The van der Waals surface area contributed by atoms with E-state index in [0.717, 1.165) is 27.8 Å². The highest BCUT2D eigenvalue weighted by Crippen LogP contribution is 2.51. The quantitative estimate of drug-likeness (QED) is 0.530. The lowest BCUT2D eigenvalue weighted by molar-refractivity contribution is -0.140. The van der Waals surface area contributed by atoms with Gasteiger partial charge in [-0.25, -0.2) is 0 Å². The van der Waals surface area contributed by atoms with Gasteiger partial charge in [0.15, 0.2) is 0 Å². The lowest BCUT2D eigenvalue weighted by Gasteiger charge is -2.37. The summed E-state index contributed by atoms with van der Waals surface area (Å²) < 4.78 is 0. The van der Waals surface area contributed by atoms with Crippen LogP contribution in [0.5, 0.6) is 0 Å². The Morgan fingerprint density at radius 1 is 0.844 bits per heavy atom. The maximum Gasteiger partial charge on any atom is 0.320 e. The Bertz CT molecular complexity index is 1100. The van der Waals surface area contributed by atoms with Crippen molar-refractivity contribution >= 4 is 11.8 Å². The van der Waals surface area contributed by atoms with Gasteiger partial charge in [-0.15, -0.1) is 0 Å². The van der Waals surface area contributed by atoms with E-state index in [1.807, 2.05) is 75.4 Å². The summed E-state index contributed by atoms with van der Waals surface area (Å²) in [6.45, 7) is 5.61. The van der Waals surface area contributed by atoms with E-state index in [2.05, 4.69) is 29.6 Å². The number of nitrogens with one attached hydrogen (secondary N) is 1. The zero-order valence-electron chi connectivity index (χ0n) is 18.8. The molecule has 0 saturated heterocycles. The zero-order valence-corrected chi connectivity index (χ0v) is 18.8. The number of ketones is 1. The van der Waals surface area contributed by atoms with Crippen molar-refractivity contribution < 1.29 is 14.7 Å². The molecular weight excluding hydrogens is 398 g/mol. The smallest absolute Gasteiger partial charge is 0.320 e. The summed E-state index contributed by atoms with van der Waals surface area (Å²) in [7, 11) is 0. The van der Waals surface area contributed by atoms with Crippen molar-refractivity contribution in [2.45, 2.75) is 45.2 Å². The number of carboxylic acids is 1. The van der Waals surface area contributed by atoms with Crippen molar-refractivity contribution in [2.75, 3.05) is 0 Å². The average Bonchev–Trinajstić information content (AvgIpc) is 3.07. The molecule has 1 aliphatic rings. The number of rotatable bonds is 7. The molecule has 0 aromatic heterocycles. The van der Waals surface area contributed by atoms with Gasteiger partial charge in [0, 0.05) is 11.8 Å². The molecule has 4 rings (SSSR count). The molecule has 3 aromatic rings. The molecule has 0 bridgehead atoms. The van der Waals surface area contributed by atoms with Gasteiger partial charge in [-0.1, -0.05) is 99.6 Å². The minimum absolute atomic E-state index is 0.0616.